The number of alkyl halides is 1. The van der Waals surface area contributed by atoms with E-state index in [9.17, 15) is 4.79 Å². The maximum atomic E-state index is 12.6. The number of aromatic nitrogens is 1. The van der Waals surface area contributed by atoms with Gasteiger partial charge in [0, 0.05) is 16.4 Å². The Kier molecular flexibility index (Phi) is 4.77. The number of rotatable bonds is 3. The molecule has 0 radical (unpaired) electrons. The van der Waals surface area contributed by atoms with Crippen molar-refractivity contribution in [3.63, 3.8) is 0 Å². The highest BCUT2D eigenvalue weighted by atomic mass is 79.9. The summed E-state index contributed by atoms with van der Waals surface area (Å²) in [7, 11) is 0. The van der Waals surface area contributed by atoms with Gasteiger partial charge in [-0.15, -0.1) is 0 Å². The number of ether oxygens (including phenoxy) is 1. The van der Waals surface area contributed by atoms with Crippen molar-refractivity contribution in [3.05, 3.63) is 35.5 Å². The van der Waals surface area contributed by atoms with Gasteiger partial charge < -0.3 is 4.74 Å². The number of benzene rings is 1. The molecule has 1 heterocycles. The highest BCUT2D eigenvalue weighted by Crippen LogP contribution is 2.30. The van der Waals surface area contributed by atoms with Crippen LogP contribution < -0.4 is 0 Å². The van der Waals surface area contributed by atoms with Gasteiger partial charge in [0.1, 0.15) is 5.60 Å². The van der Waals surface area contributed by atoms with Crippen LogP contribution in [0.15, 0.2) is 24.3 Å². The first-order chi connectivity index (χ1) is 9.89. The van der Waals surface area contributed by atoms with Crippen molar-refractivity contribution < 1.29 is 9.53 Å². The Morgan fingerprint density at radius 2 is 1.95 bits per heavy atom. The van der Waals surface area contributed by atoms with E-state index in [1.54, 1.807) is 4.57 Å². The van der Waals surface area contributed by atoms with E-state index >= 15 is 0 Å². The molecule has 114 valence electrons. The minimum Gasteiger partial charge on any atom is -0.443 e. The normalized spacial score (nSPS) is 11.9. The number of hydrogen-bond acceptors (Lipinski definition) is 2. The van der Waals surface area contributed by atoms with Crippen molar-refractivity contribution in [1.29, 1.82) is 0 Å². The molecule has 4 heteroatoms. The Bertz CT molecular complexity index is 653. The summed E-state index contributed by atoms with van der Waals surface area (Å²) >= 11 is 3.53. The van der Waals surface area contributed by atoms with Crippen molar-refractivity contribution in [1.82, 2.24) is 4.57 Å². The van der Waals surface area contributed by atoms with E-state index in [1.807, 2.05) is 39.0 Å². The lowest BCUT2D eigenvalue weighted by atomic mass is 10.1. The zero-order valence-corrected chi connectivity index (χ0v) is 14.7. The first-order valence-corrected chi connectivity index (χ1v) is 8.41. The van der Waals surface area contributed by atoms with Gasteiger partial charge in [-0.3, -0.25) is 0 Å². The van der Waals surface area contributed by atoms with Crippen molar-refractivity contribution >= 4 is 32.9 Å². The Morgan fingerprint density at radius 3 is 2.52 bits per heavy atom. The lowest BCUT2D eigenvalue weighted by Crippen LogP contribution is -2.28. The number of para-hydroxylation sites is 1. The third kappa shape index (κ3) is 3.31. The molecule has 0 saturated carbocycles. The number of halogens is 1. The van der Waals surface area contributed by atoms with Crippen LogP contribution >= 0.6 is 15.9 Å². The molecule has 0 spiro atoms. The molecule has 2 rings (SSSR count). The van der Waals surface area contributed by atoms with Gasteiger partial charge in [0.05, 0.1) is 5.52 Å². The lowest BCUT2D eigenvalue weighted by Gasteiger charge is -2.20. The van der Waals surface area contributed by atoms with Crippen LogP contribution in [0.25, 0.3) is 10.9 Å². The maximum Gasteiger partial charge on any atom is 0.419 e. The fourth-order valence-corrected chi connectivity index (χ4v) is 3.13. The second-order valence-electron chi connectivity index (χ2n) is 6.14. The molecule has 0 N–H and O–H groups in total. The highest BCUT2D eigenvalue weighted by Gasteiger charge is 2.24. The SMILES string of the molecule is CCCc1c(CBr)n(C(=O)OC(C)(C)C)c2ccccc12. The molecule has 0 fully saturated rings. The fraction of sp³-hybridized carbons (Fsp3) is 0.471. The van der Waals surface area contributed by atoms with E-state index < -0.39 is 5.60 Å². The van der Waals surface area contributed by atoms with E-state index in [2.05, 4.69) is 28.9 Å². The molecule has 21 heavy (non-hydrogen) atoms. The molecule has 0 unspecified atom stereocenters. The summed E-state index contributed by atoms with van der Waals surface area (Å²) in [6.07, 6.45) is 1.69. The fourth-order valence-electron chi connectivity index (χ4n) is 2.55. The van der Waals surface area contributed by atoms with Crippen LogP contribution in [0.2, 0.25) is 0 Å². The van der Waals surface area contributed by atoms with Gasteiger partial charge in [-0.2, -0.15) is 0 Å². The van der Waals surface area contributed by atoms with Gasteiger partial charge in [0.15, 0.2) is 0 Å². The van der Waals surface area contributed by atoms with Crippen molar-refractivity contribution in [2.24, 2.45) is 0 Å². The molecule has 0 aliphatic rings. The zero-order chi connectivity index (χ0) is 15.6. The van der Waals surface area contributed by atoms with Crippen LogP contribution in [-0.4, -0.2) is 16.3 Å². The maximum absolute atomic E-state index is 12.6. The minimum absolute atomic E-state index is 0.310. The van der Waals surface area contributed by atoms with Crippen molar-refractivity contribution in [3.8, 4) is 0 Å². The second kappa shape index (κ2) is 6.22. The predicted octanol–water partition coefficient (Wildman–Crippen LogP) is 5.27. The van der Waals surface area contributed by atoms with Gasteiger partial charge in [0.25, 0.3) is 0 Å². The summed E-state index contributed by atoms with van der Waals surface area (Å²) in [5, 5.41) is 1.77. The van der Waals surface area contributed by atoms with Crippen LogP contribution in [-0.2, 0) is 16.5 Å². The number of aryl methyl sites for hydroxylation is 1. The number of carbonyl (C=O) groups is 1. The van der Waals surface area contributed by atoms with Gasteiger partial charge >= 0.3 is 6.09 Å². The quantitative estimate of drug-likeness (QED) is 0.705. The van der Waals surface area contributed by atoms with Crippen LogP contribution in [0.4, 0.5) is 4.79 Å². The summed E-state index contributed by atoms with van der Waals surface area (Å²) < 4.78 is 7.28. The number of hydrogen-bond donors (Lipinski definition) is 0. The Balaban J connectivity index is 2.64. The molecule has 0 bridgehead atoms. The van der Waals surface area contributed by atoms with Crippen LogP contribution in [0, 0.1) is 0 Å². The topological polar surface area (TPSA) is 31.2 Å². The summed E-state index contributed by atoms with van der Waals surface area (Å²) in [5.41, 5.74) is 2.64. The summed E-state index contributed by atoms with van der Waals surface area (Å²) in [4.78, 5) is 12.6. The molecule has 1 aromatic carbocycles. The Labute approximate surface area is 134 Å². The highest BCUT2D eigenvalue weighted by molar-refractivity contribution is 9.08. The molecule has 1 aromatic heterocycles. The number of nitrogens with zero attached hydrogens (tertiary/aromatic N) is 1. The largest absolute Gasteiger partial charge is 0.443 e. The van der Waals surface area contributed by atoms with E-state index in [0.717, 1.165) is 29.4 Å². The summed E-state index contributed by atoms with van der Waals surface area (Å²) in [6, 6.07) is 8.02. The molecule has 2 aromatic rings. The Morgan fingerprint density at radius 1 is 1.29 bits per heavy atom. The van der Waals surface area contributed by atoms with E-state index in [0.29, 0.717) is 5.33 Å². The first-order valence-electron chi connectivity index (χ1n) is 7.29. The standard InChI is InChI=1S/C17H22BrNO2/c1-5-8-12-13-9-6-7-10-14(13)19(15(12)11-18)16(20)21-17(2,3)4/h6-7,9-10H,5,8,11H2,1-4H3. The smallest absolute Gasteiger partial charge is 0.419 e. The second-order valence-corrected chi connectivity index (χ2v) is 6.70. The van der Waals surface area contributed by atoms with Gasteiger partial charge in [-0.05, 0) is 38.8 Å². The third-order valence-corrected chi connectivity index (χ3v) is 3.82. The first kappa shape index (κ1) is 16.1. The zero-order valence-electron chi connectivity index (χ0n) is 13.1. The average molecular weight is 352 g/mol. The Hall–Kier alpha value is -1.29. The van der Waals surface area contributed by atoms with E-state index in [-0.39, 0.29) is 6.09 Å². The lowest BCUT2D eigenvalue weighted by molar-refractivity contribution is 0.0541. The summed E-state index contributed by atoms with van der Waals surface area (Å²) in [6.45, 7) is 7.81. The molecular weight excluding hydrogens is 330 g/mol. The van der Waals surface area contributed by atoms with Crippen LogP contribution in [0.5, 0.6) is 0 Å². The molecule has 0 aliphatic carbocycles. The van der Waals surface area contributed by atoms with Crippen LogP contribution in [0.3, 0.4) is 0 Å². The number of carbonyl (C=O) groups excluding carboxylic acids is 1. The van der Waals surface area contributed by atoms with Crippen molar-refractivity contribution in [2.45, 2.75) is 51.5 Å². The molecule has 0 saturated heterocycles. The molecular formula is C17H22BrNO2. The van der Waals surface area contributed by atoms with E-state index in [1.165, 1.54) is 5.56 Å². The monoisotopic (exact) mass is 351 g/mol. The molecule has 0 atom stereocenters. The van der Waals surface area contributed by atoms with Gasteiger partial charge in [-0.25, -0.2) is 9.36 Å². The third-order valence-electron chi connectivity index (χ3n) is 3.29. The predicted molar refractivity (Wildman–Crippen MR) is 90.2 cm³/mol. The van der Waals surface area contributed by atoms with E-state index in [4.69, 9.17) is 4.74 Å². The molecule has 0 amide bonds. The van der Waals surface area contributed by atoms with Gasteiger partial charge in [-0.1, -0.05) is 47.5 Å². The molecule has 0 aliphatic heterocycles. The number of fused-ring (bicyclic) bond motifs is 1. The van der Waals surface area contributed by atoms with Crippen LogP contribution in [0.1, 0.15) is 45.4 Å². The van der Waals surface area contributed by atoms with Crippen molar-refractivity contribution in [2.75, 3.05) is 0 Å². The average Bonchev–Trinajstić information content (AvgIpc) is 2.71. The summed E-state index contributed by atoms with van der Waals surface area (Å²) in [5.74, 6) is 0. The minimum atomic E-state index is -0.503. The van der Waals surface area contributed by atoms with Gasteiger partial charge in [0.2, 0.25) is 0 Å². The molecule has 3 nitrogen and oxygen atoms in total.